The number of para-hydroxylation sites is 1. The molecule has 126 valence electrons. The number of esters is 1. The molecule has 0 saturated heterocycles. The molecule has 7 heteroatoms. The predicted molar refractivity (Wildman–Crippen MR) is 93.7 cm³/mol. The number of nitrogens with one attached hydrogen (secondary N) is 1. The Balaban J connectivity index is 1.72. The van der Waals surface area contributed by atoms with E-state index in [0.29, 0.717) is 15.6 Å². The van der Waals surface area contributed by atoms with Gasteiger partial charge in [-0.3, -0.25) is 14.4 Å². The molecule has 0 unspecified atom stereocenters. The molecule has 0 atom stereocenters. The lowest BCUT2D eigenvalue weighted by Crippen LogP contribution is -2.21. The Morgan fingerprint density at radius 3 is 2.54 bits per heavy atom. The van der Waals surface area contributed by atoms with E-state index in [9.17, 15) is 14.4 Å². The van der Waals surface area contributed by atoms with Gasteiger partial charge in [0, 0.05) is 11.3 Å². The highest BCUT2D eigenvalue weighted by atomic mass is 35.5. The summed E-state index contributed by atoms with van der Waals surface area (Å²) in [4.78, 5) is 36.9. The van der Waals surface area contributed by atoms with E-state index in [1.54, 1.807) is 30.3 Å². The number of hydrogen-bond acceptors (Lipinski definition) is 5. The number of halogens is 1. The summed E-state index contributed by atoms with van der Waals surface area (Å²) in [5.41, 5.74) is 0.448. The summed E-state index contributed by atoms with van der Waals surface area (Å²) in [7, 11) is 0. The second-order valence-electron chi connectivity index (χ2n) is 5.02. The first kappa shape index (κ1) is 18.2. The first-order valence-corrected chi connectivity index (χ1v) is 8.45. The zero-order valence-electron chi connectivity index (χ0n) is 13.0. The van der Waals surface area contributed by atoms with Crippen molar-refractivity contribution < 1.29 is 19.1 Å². The number of amides is 1. The number of benzene rings is 1. The molecule has 0 bridgehead atoms. The van der Waals surface area contributed by atoms with Crippen LogP contribution >= 0.6 is 22.9 Å². The van der Waals surface area contributed by atoms with E-state index >= 15 is 0 Å². The van der Waals surface area contributed by atoms with Gasteiger partial charge in [0.1, 0.15) is 0 Å². The Morgan fingerprint density at radius 2 is 1.88 bits per heavy atom. The summed E-state index contributed by atoms with van der Waals surface area (Å²) in [6.45, 7) is 1.49. The first-order valence-electron chi connectivity index (χ1n) is 7.25. The highest BCUT2D eigenvalue weighted by molar-refractivity contribution is 7.14. The number of anilines is 1. The molecule has 2 aromatic rings. The molecule has 0 aliphatic carbocycles. The lowest BCUT2D eigenvalue weighted by atomic mass is 10.2. The molecule has 1 amide bonds. The smallest absolute Gasteiger partial charge is 0.306 e. The van der Waals surface area contributed by atoms with E-state index in [0.717, 1.165) is 4.88 Å². The lowest BCUT2D eigenvalue weighted by molar-refractivity contribution is -0.147. The largest absolute Gasteiger partial charge is 0.456 e. The third kappa shape index (κ3) is 5.47. The zero-order valence-corrected chi connectivity index (χ0v) is 14.6. The van der Waals surface area contributed by atoms with E-state index < -0.39 is 18.5 Å². The zero-order chi connectivity index (χ0) is 17.5. The SMILES string of the molecule is Cc1ccc(C(=O)CCC(=O)OCC(=O)Nc2ccccc2Cl)s1. The average molecular weight is 366 g/mol. The molecule has 2 rings (SSSR count). The maximum absolute atomic E-state index is 11.9. The van der Waals surface area contributed by atoms with E-state index in [4.69, 9.17) is 16.3 Å². The van der Waals surface area contributed by atoms with Gasteiger partial charge in [0.05, 0.1) is 22.0 Å². The van der Waals surface area contributed by atoms with Gasteiger partial charge < -0.3 is 10.1 Å². The molecule has 5 nitrogen and oxygen atoms in total. The number of ketones is 1. The van der Waals surface area contributed by atoms with E-state index in [1.807, 2.05) is 13.0 Å². The van der Waals surface area contributed by atoms with Crippen molar-refractivity contribution >= 4 is 46.3 Å². The third-order valence-corrected chi connectivity index (χ3v) is 4.45. The van der Waals surface area contributed by atoms with Crippen LogP contribution in [0.2, 0.25) is 5.02 Å². The molecular weight excluding hydrogens is 350 g/mol. The second kappa shape index (κ2) is 8.61. The molecule has 1 aromatic carbocycles. The number of Topliss-reactive ketones (excluding diaryl/α,β-unsaturated/α-hetero) is 1. The molecule has 24 heavy (non-hydrogen) atoms. The maximum Gasteiger partial charge on any atom is 0.306 e. The topological polar surface area (TPSA) is 72.5 Å². The fraction of sp³-hybridized carbons (Fsp3) is 0.235. The third-order valence-electron chi connectivity index (χ3n) is 3.08. The molecule has 0 fully saturated rings. The van der Waals surface area contributed by atoms with Crippen molar-refractivity contribution in [2.24, 2.45) is 0 Å². The van der Waals surface area contributed by atoms with Crippen LogP contribution < -0.4 is 5.32 Å². The Kier molecular flexibility index (Phi) is 6.52. The Hall–Kier alpha value is -2.18. The number of thiophene rings is 1. The molecular formula is C17H16ClNO4S. The van der Waals surface area contributed by atoms with Gasteiger partial charge in [-0.1, -0.05) is 23.7 Å². The van der Waals surface area contributed by atoms with Gasteiger partial charge in [-0.2, -0.15) is 0 Å². The van der Waals surface area contributed by atoms with E-state index in [1.165, 1.54) is 11.3 Å². The first-order chi connectivity index (χ1) is 11.5. The lowest BCUT2D eigenvalue weighted by Gasteiger charge is -2.07. The molecule has 1 heterocycles. The predicted octanol–water partition coefficient (Wildman–Crippen LogP) is 3.85. The molecule has 0 aliphatic heterocycles. The Labute approximate surface area is 148 Å². The van der Waals surface area contributed by atoms with Gasteiger partial charge in [0.15, 0.2) is 12.4 Å². The molecule has 0 radical (unpaired) electrons. The van der Waals surface area contributed by atoms with Crippen LogP contribution in [-0.2, 0) is 14.3 Å². The van der Waals surface area contributed by atoms with Crippen LogP contribution in [0.4, 0.5) is 5.69 Å². The van der Waals surface area contributed by atoms with Gasteiger partial charge in [0.25, 0.3) is 5.91 Å². The summed E-state index contributed by atoms with van der Waals surface area (Å²) in [6, 6.07) is 10.3. The normalized spacial score (nSPS) is 10.2. The van der Waals surface area contributed by atoms with Crippen LogP contribution in [0, 0.1) is 6.92 Å². The van der Waals surface area contributed by atoms with Crippen molar-refractivity contribution in [3.8, 4) is 0 Å². The second-order valence-corrected chi connectivity index (χ2v) is 6.72. The number of aryl methyl sites for hydroxylation is 1. The van der Waals surface area contributed by atoms with Crippen molar-refractivity contribution in [1.82, 2.24) is 0 Å². The number of carbonyl (C=O) groups is 3. The van der Waals surface area contributed by atoms with Crippen molar-refractivity contribution in [1.29, 1.82) is 0 Å². The monoisotopic (exact) mass is 365 g/mol. The molecule has 0 spiro atoms. The number of rotatable bonds is 7. The summed E-state index contributed by atoms with van der Waals surface area (Å²) >= 11 is 7.31. The van der Waals surface area contributed by atoms with Crippen molar-refractivity contribution in [2.45, 2.75) is 19.8 Å². The minimum Gasteiger partial charge on any atom is -0.456 e. The Bertz CT molecular complexity index is 757. The minimum atomic E-state index is -0.592. The van der Waals surface area contributed by atoms with Crippen LogP contribution in [0.25, 0.3) is 0 Å². The summed E-state index contributed by atoms with van der Waals surface area (Å²) in [5, 5.41) is 2.94. The van der Waals surface area contributed by atoms with Crippen LogP contribution in [0.5, 0.6) is 0 Å². The highest BCUT2D eigenvalue weighted by Gasteiger charge is 2.13. The van der Waals surface area contributed by atoms with Crippen molar-refractivity contribution in [2.75, 3.05) is 11.9 Å². The van der Waals surface area contributed by atoms with Crippen LogP contribution in [-0.4, -0.2) is 24.3 Å². The van der Waals surface area contributed by atoms with E-state index in [-0.39, 0.29) is 18.6 Å². The van der Waals surface area contributed by atoms with Gasteiger partial charge in [-0.25, -0.2) is 0 Å². The van der Waals surface area contributed by atoms with Gasteiger partial charge >= 0.3 is 5.97 Å². The van der Waals surface area contributed by atoms with E-state index in [2.05, 4.69) is 5.32 Å². The highest BCUT2D eigenvalue weighted by Crippen LogP contribution is 2.20. The van der Waals surface area contributed by atoms with Crippen LogP contribution in [0.3, 0.4) is 0 Å². The summed E-state index contributed by atoms with van der Waals surface area (Å²) in [5.74, 6) is -1.19. The fourth-order valence-electron chi connectivity index (χ4n) is 1.89. The van der Waals surface area contributed by atoms with Crippen LogP contribution in [0.1, 0.15) is 27.4 Å². The summed E-state index contributed by atoms with van der Waals surface area (Å²) in [6.07, 6.45) is 0.0000727. The number of hydrogen-bond donors (Lipinski definition) is 1. The van der Waals surface area contributed by atoms with Gasteiger partial charge in [0.2, 0.25) is 0 Å². The fourth-order valence-corrected chi connectivity index (χ4v) is 2.91. The number of ether oxygens (including phenoxy) is 1. The molecule has 1 aromatic heterocycles. The van der Waals surface area contributed by atoms with Gasteiger partial charge in [-0.15, -0.1) is 11.3 Å². The molecule has 1 N–H and O–H groups in total. The number of carbonyl (C=O) groups excluding carboxylic acids is 3. The quantitative estimate of drug-likeness (QED) is 0.597. The molecule has 0 aliphatic rings. The van der Waals surface area contributed by atoms with Crippen molar-refractivity contribution in [3.05, 3.63) is 51.2 Å². The molecule has 0 saturated carbocycles. The maximum atomic E-state index is 11.9. The average Bonchev–Trinajstić information content (AvgIpc) is 2.99. The minimum absolute atomic E-state index is 0.0604. The van der Waals surface area contributed by atoms with Gasteiger partial charge in [-0.05, 0) is 31.2 Å². The summed E-state index contributed by atoms with van der Waals surface area (Å²) < 4.78 is 4.86. The van der Waals surface area contributed by atoms with Crippen LogP contribution in [0.15, 0.2) is 36.4 Å². The van der Waals surface area contributed by atoms with Crippen molar-refractivity contribution in [3.63, 3.8) is 0 Å². The Morgan fingerprint density at radius 1 is 1.12 bits per heavy atom. The standard InChI is InChI=1S/C17H16ClNO4S/c1-11-6-8-15(24-11)14(20)7-9-17(22)23-10-16(21)19-13-5-3-2-4-12(13)18/h2-6,8H,7,9-10H2,1H3,(H,19,21).